The van der Waals surface area contributed by atoms with Gasteiger partial charge in [-0.3, -0.25) is 4.98 Å². The molecule has 0 unspecified atom stereocenters. The lowest BCUT2D eigenvalue weighted by Gasteiger charge is -2.29. The van der Waals surface area contributed by atoms with Gasteiger partial charge in [-0.1, -0.05) is 36.4 Å². The highest BCUT2D eigenvalue weighted by Gasteiger charge is 2.23. The molecule has 1 aliphatic rings. The SMILES string of the molecule is CN(CCc1ccccn1)c1nc(NC[C@H]2CC[C@H](CNS(=O)(=O)c3ccccc3)CC2)nc2ccccc12. The first kappa shape index (κ1) is 27.0. The monoisotopic (exact) mass is 544 g/mol. The zero-order valence-electron chi connectivity index (χ0n) is 22.3. The lowest BCUT2D eigenvalue weighted by molar-refractivity contribution is 0.284. The van der Waals surface area contributed by atoms with Crippen molar-refractivity contribution in [2.24, 2.45) is 11.8 Å². The maximum absolute atomic E-state index is 12.5. The Morgan fingerprint density at radius 1 is 0.846 bits per heavy atom. The molecule has 0 amide bonds. The van der Waals surface area contributed by atoms with Crippen LogP contribution >= 0.6 is 0 Å². The Labute approximate surface area is 231 Å². The molecule has 0 bridgehead atoms. The van der Waals surface area contributed by atoms with Crippen LogP contribution in [-0.4, -0.2) is 50.1 Å². The average Bonchev–Trinajstić information content (AvgIpc) is 2.99. The van der Waals surface area contributed by atoms with Crippen LogP contribution < -0.4 is 14.9 Å². The number of aromatic nitrogens is 3. The molecule has 4 aromatic rings. The van der Waals surface area contributed by atoms with Gasteiger partial charge in [0, 0.05) is 50.4 Å². The van der Waals surface area contributed by atoms with Gasteiger partial charge in [0.1, 0.15) is 5.82 Å². The summed E-state index contributed by atoms with van der Waals surface area (Å²) in [5, 5.41) is 4.53. The van der Waals surface area contributed by atoms with Gasteiger partial charge in [0.25, 0.3) is 0 Å². The minimum atomic E-state index is -3.46. The van der Waals surface area contributed by atoms with Crippen LogP contribution in [0.25, 0.3) is 10.9 Å². The Hall–Kier alpha value is -3.56. The molecule has 1 saturated carbocycles. The molecule has 9 heteroatoms. The Bertz CT molecular complexity index is 1460. The van der Waals surface area contributed by atoms with E-state index in [0.717, 1.165) is 67.6 Å². The molecule has 0 saturated heterocycles. The Kier molecular flexibility index (Phi) is 8.68. The number of nitrogens with zero attached hydrogens (tertiary/aromatic N) is 4. The van der Waals surface area contributed by atoms with Gasteiger partial charge in [-0.15, -0.1) is 0 Å². The fourth-order valence-corrected chi connectivity index (χ4v) is 6.29. The van der Waals surface area contributed by atoms with Gasteiger partial charge >= 0.3 is 0 Å². The van der Waals surface area contributed by atoms with E-state index in [1.165, 1.54) is 0 Å². The molecule has 0 aliphatic heterocycles. The summed E-state index contributed by atoms with van der Waals surface area (Å²) < 4.78 is 27.9. The second-order valence-electron chi connectivity index (χ2n) is 10.3. The van der Waals surface area contributed by atoms with Crippen LogP contribution in [0.1, 0.15) is 31.4 Å². The predicted molar refractivity (Wildman–Crippen MR) is 156 cm³/mol. The first-order valence-corrected chi connectivity index (χ1v) is 15.1. The first-order chi connectivity index (χ1) is 19.0. The Balaban J connectivity index is 1.15. The summed E-state index contributed by atoms with van der Waals surface area (Å²) in [4.78, 5) is 16.6. The molecule has 0 radical (unpaired) electrons. The number of sulfonamides is 1. The van der Waals surface area contributed by atoms with Crippen molar-refractivity contribution in [2.75, 3.05) is 36.9 Å². The van der Waals surface area contributed by atoms with Gasteiger partial charge in [0.2, 0.25) is 16.0 Å². The van der Waals surface area contributed by atoms with Gasteiger partial charge < -0.3 is 10.2 Å². The molecule has 5 rings (SSSR count). The minimum Gasteiger partial charge on any atom is -0.359 e. The number of rotatable bonds is 11. The van der Waals surface area contributed by atoms with Gasteiger partial charge in [0.15, 0.2) is 0 Å². The van der Waals surface area contributed by atoms with Crippen LogP contribution in [-0.2, 0) is 16.4 Å². The Morgan fingerprint density at radius 2 is 1.54 bits per heavy atom. The largest absolute Gasteiger partial charge is 0.359 e. The normalized spacial score (nSPS) is 17.7. The summed E-state index contributed by atoms with van der Waals surface area (Å²) in [6.07, 6.45) is 6.77. The molecule has 2 heterocycles. The van der Waals surface area contributed by atoms with E-state index in [1.54, 1.807) is 24.3 Å². The molecule has 1 fully saturated rings. The minimum absolute atomic E-state index is 0.319. The lowest BCUT2D eigenvalue weighted by Crippen LogP contribution is -2.32. The van der Waals surface area contributed by atoms with Crippen LogP contribution in [0.15, 0.2) is 83.9 Å². The second-order valence-corrected chi connectivity index (χ2v) is 12.1. The van der Waals surface area contributed by atoms with Crippen LogP contribution in [0, 0.1) is 11.8 Å². The average molecular weight is 545 g/mol. The molecule has 2 N–H and O–H groups in total. The van der Waals surface area contributed by atoms with E-state index in [0.29, 0.717) is 29.2 Å². The van der Waals surface area contributed by atoms with Gasteiger partial charge in [-0.25, -0.2) is 18.1 Å². The van der Waals surface area contributed by atoms with Crippen LogP contribution in [0.2, 0.25) is 0 Å². The molecule has 39 heavy (non-hydrogen) atoms. The fourth-order valence-electron chi connectivity index (χ4n) is 5.15. The molecule has 2 aromatic heterocycles. The first-order valence-electron chi connectivity index (χ1n) is 13.6. The number of fused-ring (bicyclic) bond motifs is 1. The summed E-state index contributed by atoms with van der Waals surface area (Å²) in [5.41, 5.74) is 1.98. The van der Waals surface area contributed by atoms with Crippen molar-refractivity contribution < 1.29 is 8.42 Å². The lowest BCUT2D eigenvalue weighted by atomic mass is 9.82. The summed E-state index contributed by atoms with van der Waals surface area (Å²) in [6, 6.07) is 22.7. The van der Waals surface area contributed by atoms with Crippen LogP contribution in [0.3, 0.4) is 0 Å². The van der Waals surface area contributed by atoms with Gasteiger partial charge in [0.05, 0.1) is 10.4 Å². The second kappa shape index (κ2) is 12.5. The molecule has 0 spiro atoms. The number of anilines is 2. The number of benzene rings is 2. The zero-order valence-corrected chi connectivity index (χ0v) is 23.1. The van der Waals surface area contributed by atoms with Crippen molar-refractivity contribution in [3.63, 3.8) is 0 Å². The van der Waals surface area contributed by atoms with Gasteiger partial charge in [-0.05, 0) is 73.9 Å². The number of para-hydroxylation sites is 1. The van der Waals surface area contributed by atoms with E-state index in [1.807, 2.05) is 48.7 Å². The van der Waals surface area contributed by atoms with Crippen molar-refractivity contribution in [3.8, 4) is 0 Å². The van der Waals surface area contributed by atoms with E-state index >= 15 is 0 Å². The summed E-state index contributed by atoms with van der Waals surface area (Å²) in [5.74, 6) is 2.42. The third-order valence-corrected chi connectivity index (χ3v) is 8.94. The van der Waals surface area contributed by atoms with Crippen LogP contribution in [0.5, 0.6) is 0 Å². The zero-order chi connectivity index (χ0) is 27.1. The highest BCUT2D eigenvalue weighted by atomic mass is 32.2. The highest BCUT2D eigenvalue weighted by molar-refractivity contribution is 7.89. The van der Waals surface area contributed by atoms with E-state index < -0.39 is 10.0 Å². The maximum Gasteiger partial charge on any atom is 0.240 e. The molecule has 0 atom stereocenters. The van der Waals surface area contributed by atoms with Crippen LogP contribution in [0.4, 0.5) is 11.8 Å². The number of nitrogens with one attached hydrogen (secondary N) is 2. The van der Waals surface area contributed by atoms with Gasteiger partial charge in [-0.2, -0.15) is 4.98 Å². The van der Waals surface area contributed by atoms with Crippen molar-refractivity contribution in [2.45, 2.75) is 37.0 Å². The molecular weight excluding hydrogens is 508 g/mol. The third kappa shape index (κ3) is 7.10. The van der Waals surface area contributed by atoms with Crippen molar-refractivity contribution in [3.05, 3.63) is 84.7 Å². The van der Waals surface area contributed by atoms with Crippen molar-refractivity contribution >= 4 is 32.7 Å². The summed E-state index contributed by atoms with van der Waals surface area (Å²) in [7, 11) is -1.39. The summed E-state index contributed by atoms with van der Waals surface area (Å²) >= 11 is 0. The fraction of sp³-hybridized carbons (Fsp3) is 0.367. The quantitative estimate of drug-likeness (QED) is 0.277. The molecule has 2 aromatic carbocycles. The Morgan fingerprint density at radius 3 is 2.28 bits per heavy atom. The third-order valence-electron chi connectivity index (χ3n) is 7.50. The molecular formula is C30H36N6O2S. The molecule has 1 aliphatic carbocycles. The number of hydrogen-bond donors (Lipinski definition) is 2. The smallest absolute Gasteiger partial charge is 0.240 e. The topological polar surface area (TPSA) is 100 Å². The highest BCUT2D eigenvalue weighted by Crippen LogP contribution is 2.30. The van der Waals surface area contributed by atoms with Crippen molar-refractivity contribution in [1.29, 1.82) is 0 Å². The van der Waals surface area contributed by atoms with E-state index in [-0.39, 0.29) is 0 Å². The van der Waals surface area contributed by atoms with Crippen molar-refractivity contribution in [1.82, 2.24) is 19.7 Å². The number of hydrogen-bond acceptors (Lipinski definition) is 7. The number of likely N-dealkylation sites (N-methyl/N-ethyl adjacent to an activating group) is 1. The predicted octanol–water partition coefficient (Wildman–Crippen LogP) is 4.90. The molecule has 204 valence electrons. The van der Waals surface area contributed by atoms with E-state index in [9.17, 15) is 8.42 Å². The van der Waals surface area contributed by atoms with E-state index in [4.69, 9.17) is 9.97 Å². The van der Waals surface area contributed by atoms with E-state index in [2.05, 4.69) is 33.0 Å². The maximum atomic E-state index is 12.5. The number of pyridine rings is 1. The molecule has 8 nitrogen and oxygen atoms in total. The standard InChI is InChI=1S/C30H36N6O2S/c1-36(20-18-25-9-7-8-19-31-25)29-27-12-5-6-13-28(27)34-30(35-29)32-21-23-14-16-24(17-15-23)22-33-39(37,38)26-10-3-2-4-11-26/h2-13,19,23-24,33H,14-18,20-22H2,1H3,(H,32,34,35)/t23-,24-. The summed E-state index contributed by atoms with van der Waals surface area (Å²) in [6.45, 7) is 2.09.